The maximum atomic E-state index is 5.11. The molecule has 210 valence electrons. The van der Waals surface area contributed by atoms with Crippen LogP contribution in [0.1, 0.15) is 0 Å². The highest BCUT2D eigenvalue weighted by molar-refractivity contribution is 7.58. The zero-order chi connectivity index (χ0) is 29.7. The van der Waals surface area contributed by atoms with Crippen molar-refractivity contribution in [1.29, 1.82) is 0 Å². The lowest BCUT2D eigenvalue weighted by Crippen LogP contribution is -2.09. The Balaban J connectivity index is 1.41. The smallest absolute Gasteiger partial charge is 0.0752 e. The number of hydrogen-bond acceptors (Lipinski definition) is 2. The van der Waals surface area contributed by atoms with Crippen molar-refractivity contribution >= 4 is 23.2 Å². The molecule has 1 unspecified atom stereocenters. The van der Waals surface area contributed by atoms with Gasteiger partial charge in [0.05, 0.1) is 32.0 Å². The van der Waals surface area contributed by atoms with Crippen LogP contribution in [0.5, 0.6) is 0 Å². The van der Waals surface area contributed by atoms with E-state index >= 15 is 0 Å². The predicted octanol–water partition coefficient (Wildman–Crippen LogP) is 9.06. The Morgan fingerprint density at radius 1 is 0.318 bits per heavy atom. The first-order chi connectivity index (χ1) is 21.7. The maximum Gasteiger partial charge on any atom is 0.0752 e. The Labute approximate surface area is 263 Å². The minimum Gasteiger partial charge on any atom is -0.248 e. The Kier molecular flexibility index (Phi) is 8.06. The summed E-state index contributed by atoms with van der Waals surface area (Å²) >= 11 is 0. The molecule has 5 aromatic carbocycles. The molecule has 2 heterocycles. The van der Waals surface area contributed by atoms with E-state index in [1.165, 1.54) is 16.3 Å². The second-order valence-electron chi connectivity index (χ2n) is 10.8. The molecular formula is C40H31N2PSi. The van der Waals surface area contributed by atoms with Crippen LogP contribution in [0.3, 0.4) is 0 Å². The molecule has 0 fully saturated rings. The van der Waals surface area contributed by atoms with Gasteiger partial charge in [-0.25, -0.2) is 9.97 Å². The number of hydrogen-bond donors (Lipinski definition) is 0. The van der Waals surface area contributed by atoms with Crippen LogP contribution in [0, 0.1) is 0 Å². The second kappa shape index (κ2) is 12.7. The fourth-order valence-corrected chi connectivity index (χ4v) is 6.95. The van der Waals surface area contributed by atoms with E-state index in [4.69, 9.17) is 9.97 Å². The molecular weight excluding hydrogens is 568 g/mol. The molecule has 0 saturated heterocycles. The molecule has 4 heteroatoms. The van der Waals surface area contributed by atoms with Gasteiger partial charge in [0.15, 0.2) is 0 Å². The molecule has 0 aliphatic rings. The lowest BCUT2D eigenvalue weighted by molar-refractivity contribution is 1.32. The van der Waals surface area contributed by atoms with E-state index < -0.39 is 9.19 Å². The third kappa shape index (κ3) is 6.07. The lowest BCUT2D eigenvalue weighted by Gasteiger charge is -2.15. The van der Waals surface area contributed by atoms with Crippen LogP contribution in [-0.4, -0.2) is 19.2 Å². The van der Waals surface area contributed by atoms with Gasteiger partial charge in [0, 0.05) is 22.3 Å². The van der Waals surface area contributed by atoms with Gasteiger partial charge in [-0.15, -0.1) is 0 Å². The monoisotopic (exact) mass is 598 g/mol. The summed E-state index contributed by atoms with van der Waals surface area (Å²) in [6.07, 6.45) is 0. The molecule has 0 aliphatic carbocycles. The molecule has 0 saturated carbocycles. The highest BCUT2D eigenvalue weighted by Gasteiger charge is 2.13. The average Bonchev–Trinajstić information content (AvgIpc) is 3.12. The SMILES string of the molecule is P[SiH2]c1cc(-c2cc(-c3ccccc3)nc(-c3ccccc3)c2)cc(-c2cc(-c3ccccc3)nc(-c3ccccc3)c2)c1. The summed E-state index contributed by atoms with van der Waals surface area (Å²) in [7, 11) is 2.52. The van der Waals surface area contributed by atoms with Gasteiger partial charge < -0.3 is 0 Å². The largest absolute Gasteiger partial charge is 0.248 e. The molecule has 0 aliphatic heterocycles. The third-order valence-electron chi connectivity index (χ3n) is 7.82. The van der Waals surface area contributed by atoms with Gasteiger partial charge >= 0.3 is 0 Å². The van der Waals surface area contributed by atoms with Crippen molar-refractivity contribution in [2.24, 2.45) is 0 Å². The number of nitrogens with zero attached hydrogens (tertiary/aromatic N) is 2. The van der Waals surface area contributed by atoms with Crippen LogP contribution in [-0.2, 0) is 0 Å². The summed E-state index contributed by atoms with van der Waals surface area (Å²) in [6.45, 7) is 0. The van der Waals surface area contributed by atoms with Gasteiger partial charge in [0.2, 0.25) is 0 Å². The number of benzene rings is 5. The highest BCUT2D eigenvalue weighted by atomic mass is 31.3. The summed E-state index contributed by atoms with van der Waals surface area (Å²) in [5, 5.41) is 1.39. The number of pyridine rings is 2. The summed E-state index contributed by atoms with van der Waals surface area (Å²) in [5.41, 5.74) is 13.0. The van der Waals surface area contributed by atoms with Crippen molar-refractivity contribution in [3.63, 3.8) is 0 Å². The van der Waals surface area contributed by atoms with Gasteiger partial charge in [0.1, 0.15) is 0 Å². The van der Waals surface area contributed by atoms with E-state index in [0.29, 0.717) is 0 Å². The highest BCUT2D eigenvalue weighted by Crippen LogP contribution is 2.34. The molecule has 0 N–H and O–H groups in total. The lowest BCUT2D eigenvalue weighted by atomic mass is 9.95. The molecule has 7 aromatic rings. The number of rotatable bonds is 7. The topological polar surface area (TPSA) is 25.8 Å². The van der Waals surface area contributed by atoms with Crippen molar-refractivity contribution in [3.05, 3.63) is 164 Å². The fourth-order valence-electron chi connectivity index (χ4n) is 5.56. The van der Waals surface area contributed by atoms with Crippen LogP contribution in [0.2, 0.25) is 0 Å². The van der Waals surface area contributed by atoms with E-state index in [1.54, 1.807) is 0 Å². The predicted molar refractivity (Wildman–Crippen MR) is 193 cm³/mol. The Morgan fingerprint density at radius 3 is 0.864 bits per heavy atom. The van der Waals surface area contributed by atoms with Crippen LogP contribution in [0.15, 0.2) is 164 Å². The van der Waals surface area contributed by atoms with Gasteiger partial charge in [-0.2, -0.15) is 8.79 Å². The van der Waals surface area contributed by atoms with Crippen molar-refractivity contribution < 1.29 is 0 Å². The Bertz CT molecular complexity index is 1770. The van der Waals surface area contributed by atoms with Crippen LogP contribution >= 0.6 is 8.79 Å². The minimum atomic E-state index is -0.517. The van der Waals surface area contributed by atoms with Crippen molar-refractivity contribution in [3.8, 4) is 67.3 Å². The second-order valence-corrected chi connectivity index (χ2v) is 13.3. The molecule has 0 radical (unpaired) electrons. The molecule has 0 spiro atoms. The van der Waals surface area contributed by atoms with Gasteiger partial charge in [-0.1, -0.05) is 139 Å². The normalized spacial score (nSPS) is 11.2. The summed E-state index contributed by atoms with van der Waals surface area (Å²) < 4.78 is 0. The molecule has 44 heavy (non-hydrogen) atoms. The fraction of sp³-hybridized carbons (Fsp3) is 0. The molecule has 0 amide bonds. The first-order valence-corrected chi connectivity index (χ1v) is 18.8. The van der Waals surface area contributed by atoms with Crippen molar-refractivity contribution in [2.45, 2.75) is 0 Å². The third-order valence-corrected chi connectivity index (χ3v) is 10.1. The quantitative estimate of drug-likeness (QED) is 0.135. The van der Waals surface area contributed by atoms with E-state index in [-0.39, 0.29) is 0 Å². The first kappa shape index (κ1) is 27.9. The summed E-state index contributed by atoms with van der Waals surface area (Å²) in [5.74, 6) is 0. The summed E-state index contributed by atoms with van der Waals surface area (Å²) in [4.78, 5) is 10.2. The van der Waals surface area contributed by atoms with Crippen molar-refractivity contribution in [1.82, 2.24) is 9.97 Å². The Morgan fingerprint density at radius 2 is 0.591 bits per heavy atom. The average molecular weight is 599 g/mol. The standard InChI is InChI=1S/C40H31N2PSi/c43-44-36-22-32(34-24-37(28-13-5-1-6-14-28)41-38(25-34)29-15-7-2-8-16-29)21-33(23-36)35-26-39(30-17-9-3-10-18-30)42-40(27-35)31-19-11-4-12-20-31/h1-27H,43-44H2. The van der Waals surface area contributed by atoms with Crippen LogP contribution in [0.25, 0.3) is 67.3 Å². The molecule has 2 aromatic heterocycles. The maximum absolute atomic E-state index is 5.11. The van der Waals surface area contributed by atoms with E-state index in [9.17, 15) is 0 Å². The van der Waals surface area contributed by atoms with Crippen LogP contribution < -0.4 is 5.19 Å². The summed E-state index contributed by atoms with van der Waals surface area (Å²) in [6, 6.07) is 57.8. The van der Waals surface area contributed by atoms with Gasteiger partial charge in [0.25, 0.3) is 0 Å². The van der Waals surface area contributed by atoms with Gasteiger partial charge in [-0.05, 0) is 52.6 Å². The van der Waals surface area contributed by atoms with Gasteiger partial charge in [-0.3, -0.25) is 0 Å². The molecule has 1 atom stereocenters. The van der Waals surface area contributed by atoms with E-state index in [1.807, 2.05) is 24.3 Å². The zero-order valence-corrected chi connectivity index (χ0v) is 26.8. The van der Waals surface area contributed by atoms with E-state index in [2.05, 4.69) is 148 Å². The zero-order valence-electron chi connectivity index (χ0n) is 24.3. The minimum absolute atomic E-state index is 0.517. The molecule has 0 bridgehead atoms. The van der Waals surface area contributed by atoms with Crippen LogP contribution in [0.4, 0.5) is 0 Å². The number of aromatic nitrogens is 2. The molecule has 2 nitrogen and oxygen atoms in total. The molecule has 7 rings (SSSR count). The van der Waals surface area contributed by atoms with E-state index in [0.717, 1.165) is 56.2 Å². The van der Waals surface area contributed by atoms with Crippen molar-refractivity contribution in [2.75, 3.05) is 0 Å². The first-order valence-electron chi connectivity index (χ1n) is 14.8. The Hall–Kier alpha value is -4.95.